The first kappa shape index (κ1) is 22.9. The summed E-state index contributed by atoms with van der Waals surface area (Å²) in [5.41, 5.74) is 0. The van der Waals surface area contributed by atoms with E-state index in [0.717, 1.165) is 19.4 Å². The van der Waals surface area contributed by atoms with Gasteiger partial charge in [0.2, 0.25) is 10.0 Å². The number of ether oxygens (including phenoxy) is 2. The smallest absolute Gasteiger partial charge is 0.475 e. The lowest BCUT2D eigenvalue weighted by Gasteiger charge is -2.38. The van der Waals surface area contributed by atoms with Crippen LogP contribution < -0.4 is 0 Å². The molecule has 2 heterocycles. The number of alkyl halides is 3. The molecule has 0 amide bonds. The molecule has 0 radical (unpaired) electrons. The second-order valence-electron chi connectivity index (χ2n) is 7.40. The van der Waals surface area contributed by atoms with Crippen molar-refractivity contribution in [3.8, 4) is 0 Å². The van der Waals surface area contributed by atoms with Crippen LogP contribution in [0.2, 0.25) is 0 Å². The van der Waals surface area contributed by atoms with Gasteiger partial charge in [0, 0.05) is 25.5 Å². The number of carbonyl (C=O) groups is 1. The van der Waals surface area contributed by atoms with E-state index in [4.69, 9.17) is 19.4 Å². The van der Waals surface area contributed by atoms with Crippen LogP contribution in [0.5, 0.6) is 0 Å². The molecular formula is C18H23F3N2O6S. The summed E-state index contributed by atoms with van der Waals surface area (Å²) >= 11 is 0. The molecule has 3 aliphatic rings. The Morgan fingerprint density at radius 1 is 1.30 bits per heavy atom. The molecule has 2 saturated carbocycles. The Morgan fingerprint density at radius 3 is 2.57 bits per heavy atom. The molecule has 4 rings (SSSR count). The number of carboxylic acid groups (broad SMARTS) is 1. The third-order valence-electron chi connectivity index (χ3n) is 5.21. The Balaban J connectivity index is 0.000000318. The Labute approximate surface area is 172 Å². The van der Waals surface area contributed by atoms with E-state index in [2.05, 4.69) is 4.98 Å². The van der Waals surface area contributed by atoms with E-state index >= 15 is 0 Å². The lowest BCUT2D eigenvalue weighted by molar-refractivity contribution is -0.192. The van der Waals surface area contributed by atoms with Crippen LogP contribution in [0.25, 0.3) is 0 Å². The fourth-order valence-corrected chi connectivity index (χ4v) is 5.15. The Morgan fingerprint density at radius 2 is 2.00 bits per heavy atom. The number of nitrogens with zero attached hydrogens (tertiary/aromatic N) is 2. The molecular weight excluding hydrogens is 429 g/mol. The summed E-state index contributed by atoms with van der Waals surface area (Å²) in [6.45, 7) is 1.60. The van der Waals surface area contributed by atoms with Crippen molar-refractivity contribution in [3.63, 3.8) is 0 Å². The third kappa shape index (κ3) is 5.48. The predicted molar refractivity (Wildman–Crippen MR) is 97.0 cm³/mol. The van der Waals surface area contributed by atoms with Gasteiger partial charge in [-0.05, 0) is 43.7 Å². The molecule has 1 aromatic rings. The van der Waals surface area contributed by atoms with Gasteiger partial charge >= 0.3 is 12.1 Å². The minimum Gasteiger partial charge on any atom is -0.475 e. The van der Waals surface area contributed by atoms with Crippen molar-refractivity contribution in [3.05, 3.63) is 24.5 Å². The Bertz CT molecular complexity index is 832. The van der Waals surface area contributed by atoms with Crippen LogP contribution in [0, 0.1) is 5.92 Å². The van der Waals surface area contributed by atoms with Crippen molar-refractivity contribution >= 4 is 16.0 Å². The monoisotopic (exact) mass is 452 g/mol. The summed E-state index contributed by atoms with van der Waals surface area (Å²) in [4.78, 5) is 13.1. The largest absolute Gasteiger partial charge is 0.490 e. The van der Waals surface area contributed by atoms with Crippen LogP contribution in [-0.4, -0.2) is 73.0 Å². The van der Waals surface area contributed by atoms with E-state index in [9.17, 15) is 21.6 Å². The summed E-state index contributed by atoms with van der Waals surface area (Å²) in [6, 6.07) is 3.13. The maximum absolute atomic E-state index is 12.9. The highest BCUT2D eigenvalue weighted by molar-refractivity contribution is 7.89. The first-order valence-corrected chi connectivity index (χ1v) is 11.0. The van der Waals surface area contributed by atoms with E-state index in [-0.39, 0.29) is 23.1 Å². The van der Waals surface area contributed by atoms with E-state index in [1.54, 1.807) is 22.6 Å². The molecule has 1 saturated heterocycles. The molecule has 3 fully saturated rings. The van der Waals surface area contributed by atoms with Crippen LogP contribution >= 0.6 is 0 Å². The average Bonchev–Trinajstić information content (AvgIpc) is 3.45. The first-order valence-electron chi connectivity index (χ1n) is 9.56. The van der Waals surface area contributed by atoms with Crippen molar-refractivity contribution in [2.45, 2.75) is 55.0 Å². The summed E-state index contributed by atoms with van der Waals surface area (Å²) in [6.07, 6.45) is 1.95. The molecule has 0 unspecified atom stereocenters. The van der Waals surface area contributed by atoms with E-state index in [1.165, 1.54) is 19.0 Å². The number of hydrogen-bond acceptors (Lipinski definition) is 6. The van der Waals surface area contributed by atoms with Crippen LogP contribution in [0.15, 0.2) is 29.4 Å². The zero-order valence-electron chi connectivity index (χ0n) is 16.0. The lowest BCUT2D eigenvalue weighted by Crippen LogP contribution is -2.53. The Hall–Kier alpha value is -1.76. The molecule has 1 aromatic heterocycles. The number of halogens is 3. The van der Waals surface area contributed by atoms with Crippen molar-refractivity contribution in [2.75, 3.05) is 19.8 Å². The van der Waals surface area contributed by atoms with Gasteiger partial charge in [0.1, 0.15) is 11.0 Å². The van der Waals surface area contributed by atoms with Gasteiger partial charge in [-0.3, -0.25) is 4.98 Å². The number of morpholine rings is 1. The van der Waals surface area contributed by atoms with Gasteiger partial charge in [0.15, 0.2) is 0 Å². The van der Waals surface area contributed by atoms with Crippen molar-refractivity contribution < 1.29 is 41.0 Å². The zero-order chi connectivity index (χ0) is 21.9. The highest BCUT2D eigenvalue weighted by atomic mass is 32.2. The Kier molecular flexibility index (Phi) is 7.00. The molecule has 2 aliphatic carbocycles. The quantitative estimate of drug-likeness (QED) is 0.729. The normalized spacial score (nSPS) is 27.1. The summed E-state index contributed by atoms with van der Waals surface area (Å²) in [5.74, 6) is -2.06. The SMILES string of the molecule is O=C(O)C(F)(F)F.O=S(=O)(c1cccnc1)N1CCO[C@H]2[C@@H](OCC3CC3)CC[C@@H]21. The molecule has 0 spiro atoms. The van der Waals surface area contributed by atoms with Gasteiger partial charge in [0.25, 0.3) is 0 Å². The van der Waals surface area contributed by atoms with E-state index in [0.29, 0.717) is 19.1 Å². The summed E-state index contributed by atoms with van der Waals surface area (Å²) in [7, 11) is -3.52. The molecule has 3 atom stereocenters. The van der Waals surface area contributed by atoms with Crippen LogP contribution in [0.3, 0.4) is 0 Å². The molecule has 168 valence electrons. The molecule has 8 nitrogen and oxygen atoms in total. The van der Waals surface area contributed by atoms with Gasteiger partial charge in [0.05, 0.1) is 18.8 Å². The molecule has 1 N–H and O–H groups in total. The van der Waals surface area contributed by atoms with Gasteiger partial charge in [-0.1, -0.05) is 0 Å². The zero-order valence-corrected chi connectivity index (χ0v) is 16.8. The topological polar surface area (TPSA) is 106 Å². The van der Waals surface area contributed by atoms with E-state index < -0.39 is 22.2 Å². The average molecular weight is 452 g/mol. The van der Waals surface area contributed by atoms with Crippen LogP contribution in [0.4, 0.5) is 13.2 Å². The first-order chi connectivity index (χ1) is 14.1. The minimum atomic E-state index is -5.08. The van der Waals surface area contributed by atoms with Gasteiger partial charge in [-0.2, -0.15) is 17.5 Å². The number of hydrogen-bond donors (Lipinski definition) is 1. The van der Waals surface area contributed by atoms with Gasteiger partial charge < -0.3 is 14.6 Å². The highest BCUT2D eigenvalue weighted by Crippen LogP contribution is 2.37. The maximum atomic E-state index is 12.9. The third-order valence-corrected chi connectivity index (χ3v) is 7.12. The minimum absolute atomic E-state index is 0.0208. The van der Waals surface area contributed by atoms with Gasteiger partial charge in [-0.25, -0.2) is 13.2 Å². The maximum Gasteiger partial charge on any atom is 0.490 e. The summed E-state index contributed by atoms with van der Waals surface area (Å²) in [5, 5.41) is 7.12. The second kappa shape index (κ2) is 9.16. The predicted octanol–water partition coefficient (Wildman–Crippen LogP) is 2.06. The number of carboxylic acids is 1. The summed E-state index contributed by atoms with van der Waals surface area (Å²) < 4.78 is 71.0. The number of rotatable bonds is 5. The number of aromatic nitrogens is 1. The van der Waals surface area contributed by atoms with Crippen molar-refractivity contribution in [1.29, 1.82) is 0 Å². The van der Waals surface area contributed by atoms with Crippen LogP contribution in [-0.2, 0) is 24.3 Å². The highest BCUT2D eigenvalue weighted by Gasteiger charge is 2.48. The number of aliphatic carboxylic acids is 1. The lowest BCUT2D eigenvalue weighted by atomic mass is 10.1. The van der Waals surface area contributed by atoms with E-state index in [1.807, 2.05) is 0 Å². The molecule has 12 heteroatoms. The molecule has 30 heavy (non-hydrogen) atoms. The fraction of sp³-hybridized carbons (Fsp3) is 0.667. The fourth-order valence-electron chi connectivity index (χ4n) is 3.54. The standard InChI is InChI=1S/C16H22N2O4S.C2HF3O2/c19-23(20,13-2-1-7-17-10-13)18-8-9-21-16-14(18)5-6-15(16)22-11-12-3-4-12;3-2(4,5)1(6)7/h1-2,7,10,12,14-16H,3-6,8-9,11H2;(H,6,7)/t14-,15-,16+;/m0./s1. The number of pyridine rings is 1. The molecule has 1 aliphatic heterocycles. The molecule has 0 bridgehead atoms. The number of fused-ring (bicyclic) bond motifs is 1. The second-order valence-corrected chi connectivity index (χ2v) is 9.29. The molecule has 0 aromatic carbocycles. The van der Waals surface area contributed by atoms with Gasteiger partial charge in [-0.15, -0.1) is 0 Å². The van der Waals surface area contributed by atoms with Crippen LogP contribution in [0.1, 0.15) is 25.7 Å². The van der Waals surface area contributed by atoms with Crippen molar-refractivity contribution in [1.82, 2.24) is 9.29 Å². The van der Waals surface area contributed by atoms with Crippen molar-refractivity contribution in [2.24, 2.45) is 5.92 Å². The number of sulfonamides is 1.